The van der Waals surface area contributed by atoms with Crippen molar-refractivity contribution in [3.8, 4) is 11.8 Å². The highest BCUT2D eigenvalue weighted by Crippen LogP contribution is 2.32. The monoisotopic (exact) mass is 690 g/mol. The third kappa shape index (κ3) is 8.37. The van der Waals surface area contributed by atoms with E-state index < -0.39 is 24.3 Å². The first-order valence-electron chi connectivity index (χ1n) is 16.2. The topological polar surface area (TPSA) is 180 Å². The minimum Gasteiger partial charge on any atom is -0.410 e. The largest absolute Gasteiger partial charge is 0.412 e. The summed E-state index contributed by atoms with van der Waals surface area (Å²) >= 11 is 1.36. The summed E-state index contributed by atoms with van der Waals surface area (Å²) in [6.45, 7) is 3.42. The Kier molecular flexibility index (Phi) is 11.5. The fourth-order valence-electron chi connectivity index (χ4n) is 6.00. The van der Waals surface area contributed by atoms with Crippen LogP contribution in [0.5, 0.6) is 5.75 Å². The van der Waals surface area contributed by atoms with Crippen molar-refractivity contribution < 1.29 is 23.9 Å². The number of hydrogen-bond acceptors (Lipinski definition) is 11. The van der Waals surface area contributed by atoms with Crippen molar-refractivity contribution in [1.82, 2.24) is 40.3 Å². The molecule has 49 heavy (non-hydrogen) atoms. The Labute approximate surface area is 289 Å². The molecular weight excluding hydrogens is 648 g/mol. The molecule has 1 aromatic heterocycles. The van der Waals surface area contributed by atoms with Gasteiger partial charge in [-0.1, -0.05) is 48.9 Å². The van der Waals surface area contributed by atoms with Crippen LogP contribution in [0.1, 0.15) is 30.9 Å². The van der Waals surface area contributed by atoms with Gasteiger partial charge in [0.15, 0.2) is 5.13 Å². The predicted molar refractivity (Wildman–Crippen MR) is 184 cm³/mol. The Morgan fingerprint density at radius 3 is 2.63 bits per heavy atom. The summed E-state index contributed by atoms with van der Waals surface area (Å²) in [7, 11) is 3.81. The molecule has 15 nitrogen and oxygen atoms in total. The van der Waals surface area contributed by atoms with E-state index in [0.29, 0.717) is 36.0 Å². The number of hydrogen-bond donors (Lipinski definition) is 3. The van der Waals surface area contributed by atoms with Gasteiger partial charge in [0, 0.05) is 32.6 Å². The van der Waals surface area contributed by atoms with Gasteiger partial charge in [0.2, 0.25) is 11.8 Å². The normalized spacial score (nSPS) is 17.7. The van der Waals surface area contributed by atoms with Crippen molar-refractivity contribution in [2.45, 2.75) is 44.9 Å². The lowest BCUT2D eigenvalue weighted by Gasteiger charge is -2.46. The third-order valence-electron chi connectivity index (χ3n) is 8.41. The number of fused-ring (bicyclic) bond motifs is 2. The maximum absolute atomic E-state index is 14.3. The highest BCUT2D eigenvalue weighted by molar-refractivity contribution is 7.22. The summed E-state index contributed by atoms with van der Waals surface area (Å²) in [5.74, 6) is -0.247. The molecular formula is C33H42N10O5S. The number of benzene rings is 2. The van der Waals surface area contributed by atoms with E-state index in [-0.39, 0.29) is 44.4 Å². The van der Waals surface area contributed by atoms with Gasteiger partial charge in [0.1, 0.15) is 24.5 Å². The number of unbranched alkanes of at least 4 members (excludes halogenated alkanes) is 1. The highest BCUT2D eigenvalue weighted by atomic mass is 32.1. The average molecular weight is 691 g/mol. The Morgan fingerprint density at radius 1 is 1.14 bits per heavy atom. The van der Waals surface area contributed by atoms with Crippen molar-refractivity contribution in [3.05, 3.63) is 53.6 Å². The molecule has 2 atom stereocenters. The van der Waals surface area contributed by atoms with Crippen LogP contribution < -0.4 is 21.1 Å². The number of para-hydroxylation sites is 1. The van der Waals surface area contributed by atoms with Crippen molar-refractivity contribution >= 4 is 50.6 Å². The maximum atomic E-state index is 14.3. The van der Waals surface area contributed by atoms with Crippen molar-refractivity contribution in [3.63, 3.8) is 0 Å². The van der Waals surface area contributed by atoms with Gasteiger partial charge in [0.25, 0.3) is 0 Å². The molecule has 0 aliphatic carbocycles. The van der Waals surface area contributed by atoms with Crippen LogP contribution in [0, 0.1) is 11.3 Å². The van der Waals surface area contributed by atoms with Gasteiger partial charge in [-0.15, -0.1) is 0 Å². The maximum Gasteiger partial charge on any atom is 0.412 e. The number of amides is 5. The van der Waals surface area contributed by atoms with E-state index >= 15 is 0 Å². The van der Waals surface area contributed by atoms with Crippen LogP contribution in [0.2, 0.25) is 0 Å². The van der Waals surface area contributed by atoms with Gasteiger partial charge >= 0.3 is 12.1 Å². The first-order valence-corrected chi connectivity index (χ1v) is 17.0. The fourth-order valence-corrected chi connectivity index (χ4v) is 6.78. The molecule has 3 aromatic rings. The lowest BCUT2D eigenvalue weighted by molar-refractivity contribution is -0.157. The van der Waals surface area contributed by atoms with Crippen LogP contribution in [0.25, 0.3) is 10.2 Å². The van der Waals surface area contributed by atoms with Gasteiger partial charge in [-0.3, -0.25) is 9.59 Å². The second kappa shape index (κ2) is 15.9. The number of rotatable bonds is 13. The number of nitrogens with one attached hydrogen (secondary N) is 2. The second-order valence-electron chi connectivity index (χ2n) is 12.2. The summed E-state index contributed by atoms with van der Waals surface area (Å²) in [6, 6.07) is 13.2. The number of anilines is 1. The summed E-state index contributed by atoms with van der Waals surface area (Å²) in [4.78, 5) is 63.1. The molecule has 0 unspecified atom stereocenters. The molecule has 5 rings (SSSR count). The number of nitrogen functional groups attached to an aromatic ring is 1. The van der Waals surface area contributed by atoms with Gasteiger partial charge in [-0.05, 0) is 49.8 Å². The molecule has 2 aromatic carbocycles. The number of likely N-dealkylation sites (N-methyl/N-ethyl adjacent to an activating group) is 1. The van der Waals surface area contributed by atoms with Crippen LogP contribution in [-0.2, 0) is 22.6 Å². The number of thiazole rings is 1. The Morgan fingerprint density at radius 2 is 1.92 bits per heavy atom. The number of nitriles is 1. The molecule has 2 aliphatic rings. The van der Waals surface area contributed by atoms with E-state index in [1.54, 1.807) is 34.2 Å². The minimum atomic E-state index is -0.899. The number of aromatic nitrogens is 1. The summed E-state index contributed by atoms with van der Waals surface area (Å²) in [5.41, 5.74) is 8.26. The van der Waals surface area contributed by atoms with Crippen molar-refractivity contribution in [1.29, 1.82) is 5.26 Å². The molecule has 5 amide bonds. The number of piperazine rings is 1. The molecule has 4 N–H and O–H groups in total. The number of urea groups is 1. The van der Waals surface area contributed by atoms with E-state index in [2.05, 4.69) is 15.6 Å². The van der Waals surface area contributed by atoms with Gasteiger partial charge in [0.05, 0.1) is 29.4 Å². The molecule has 0 radical (unpaired) electrons. The van der Waals surface area contributed by atoms with Gasteiger partial charge < -0.3 is 35.8 Å². The summed E-state index contributed by atoms with van der Waals surface area (Å²) in [6.07, 6.45) is 0.548. The first-order chi connectivity index (χ1) is 23.6. The lowest BCUT2D eigenvalue weighted by atomic mass is 9.99. The molecule has 0 spiro atoms. The molecule has 2 saturated heterocycles. The molecule has 0 bridgehead atoms. The third-order valence-corrected chi connectivity index (χ3v) is 9.26. The quantitative estimate of drug-likeness (QED) is 0.178. The molecule has 3 heterocycles. The molecule has 2 aliphatic heterocycles. The van der Waals surface area contributed by atoms with Crippen LogP contribution in [0.3, 0.4) is 0 Å². The van der Waals surface area contributed by atoms with Crippen molar-refractivity contribution in [2.75, 3.05) is 59.1 Å². The number of nitrogens with zero attached hydrogens (tertiary/aromatic N) is 7. The molecule has 2 fully saturated rings. The number of carbonyl (C=O) groups excluding carboxylic acids is 4. The number of carbonyl (C=O) groups is 4. The van der Waals surface area contributed by atoms with E-state index in [4.69, 9.17) is 10.5 Å². The molecule has 16 heteroatoms. The Bertz CT molecular complexity index is 1710. The zero-order chi connectivity index (χ0) is 35.1. The summed E-state index contributed by atoms with van der Waals surface area (Å²) in [5, 5.41) is 18.5. The van der Waals surface area contributed by atoms with Gasteiger partial charge in [-0.2, -0.15) is 10.3 Å². The fraction of sp³-hybridized carbons (Fsp3) is 0.455. The smallest absolute Gasteiger partial charge is 0.410 e. The predicted octanol–water partition coefficient (Wildman–Crippen LogP) is 2.20. The van der Waals surface area contributed by atoms with Gasteiger partial charge in [-0.25, -0.2) is 19.6 Å². The lowest BCUT2D eigenvalue weighted by Crippen LogP contribution is -2.66. The minimum absolute atomic E-state index is 0.108. The Hall–Kier alpha value is -4.98. The van der Waals surface area contributed by atoms with Crippen LogP contribution in [0.4, 0.5) is 14.7 Å². The van der Waals surface area contributed by atoms with Crippen LogP contribution in [0.15, 0.2) is 42.5 Å². The second-order valence-corrected chi connectivity index (χ2v) is 13.3. The van der Waals surface area contributed by atoms with E-state index in [1.165, 1.54) is 21.2 Å². The van der Waals surface area contributed by atoms with E-state index in [0.717, 1.165) is 28.7 Å². The van der Waals surface area contributed by atoms with Crippen LogP contribution >= 0.6 is 11.3 Å². The first kappa shape index (κ1) is 35.3. The molecule has 260 valence electrons. The molecule has 0 saturated carbocycles. The number of nitrogens with two attached hydrogens (primary N) is 1. The Balaban J connectivity index is 1.41. The number of ether oxygens (including phenoxy) is 1. The standard InChI is InChI=1S/C33H42N10O5S/c1-4-5-14-36-32(46)41(16-13-34)42-21-28(44)43-25(18-22-9-11-24(12-10-22)48-33(47)37-15-17-39(2)3)30(45)40(20-27(42)43)19-23-7-6-8-26-29(23)38-31(35)49-26/h6-12,25,27H,4-5,14-21H2,1-3H3,(H2,35,38)(H,36,46)(H,37,47)/t25-,27+/m0/s1. The van der Waals surface area contributed by atoms with E-state index in [9.17, 15) is 24.4 Å². The number of hydrazine groups is 1. The van der Waals surface area contributed by atoms with Crippen molar-refractivity contribution in [2.24, 2.45) is 0 Å². The van der Waals surface area contributed by atoms with E-state index in [1.807, 2.05) is 50.2 Å². The zero-order valence-electron chi connectivity index (χ0n) is 27.9. The SMILES string of the molecule is CCCCNC(=O)N(CC#N)N1CC(=O)N2[C@@H](Cc3ccc(OC(=O)NCCN(C)C)cc3)C(=O)N(Cc3cccc4sc(N)nc34)C[C@@H]21. The zero-order valence-corrected chi connectivity index (χ0v) is 28.7. The van der Waals surface area contributed by atoms with Crippen LogP contribution in [-0.4, -0.2) is 119 Å². The average Bonchev–Trinajstić information content (AvgIpc) is 3.61. The highest BCUT2D eigenvalue weighted by Gasteiger charge is 2.52. The summed E-state index contributed by atoms with van der Waals surface area (Å²) < 4.78 is 6.29.